The van der Waals surface area contributed by atoms with E-state index in [1.807, 2.05) is 36.4 Å². The molecule has 7 nitrogen and oxygen atoms in total. The number of rotatable bonds is 6. The van der Waals surface area contributed by atoms with Crippen molar-refractivity contribution in [2.45, 2.75) is 45.7 Å². The van der Waals surface area contributed by atoms with E-state index in [1.165, 1.54) is 6.92 Å². The summed E-state index contributed by atoms with van der Waals surface area (Å²) in [6.45, 7) is 6.85. The summed E-state index contributed by atoms with van der Waals surface area (Å²) in [5, 5.41) is 14.0. The minimum atomic E-state index is -1.15. The van der Waals surface area contributed by atoms with Gasteiger partial charge < -0.3 is 20.5 Å². The molecule has 2 aromatic rings. The van der Waals surface area contributed by atoms with Crippen molar-refractivity contribution < 1.29 is 24.2 Å². The van der Waals surface area contributed by atoms with E-state index in [4.69, 9.17) is 9.84 Å². The molecule has 2 aromatic carbocycles. The first-order chi connectivity index (χ1) is 14.6. The number of hydrogen-bond donors (Lipinski definition) is 3. The Labute approximate surface area is 181 Å². The number of fused-ring (bicyclic) bond motifs is 3. The van der Waals surface area contributed by atoms with Crippen LogP contribution in [0.5, 0.6) is 0 Å². The number of nitrogens with one attached hydrogen (secondary N) is 2. The number of carbonyl (C=O) groups is 3. The highest BCUT2D eigenvalue weighted by atomic mass is 16.5. The van der Waals surface area contributed by atoms with Gasteiger partial charge in [-0.05, 0) is 34.6 Å². The smallest absolute Gasteiger partial charge is 0.407 e. The van der Waals surface area contributed by atoms with Crippen LogP contribution >= 0.6 is 0 Å². The van der Waals surface area contributed by atoms with Gasteiger partial charge in [0.25, 0.3) is 0 Å². The first-order valence-electron chi connectivity index (χ1n) is 10.2. The van der Waals surface area contributed by atoms with Gasteiger partial charge in [-0.25, -0.2) is 4.79 Å². The molecule has 3 N–H and O–H groups in total. The first-order valence-corrected chi connectivity index (χ1v) is 10.2. The molecule has 31 heavy (non-hydrogen) atoms. The number of ether oxygens (including phenoxy) is 1. The molecule has 0 spiro atoms. The van der Waals surface area contributed by atoms with Gasteiger partial charge in [0.1, 0.15) is 18.7 Å². The highest BCUT2D eigenvalue weighted by molar-refractivity contribution is 5.89. The third kappa shape index (κ3) is 4.87. The molecule has 1 aliphatic rings. The van der Waals surface area contributed by atoms with Crippen LogP contribution in [-0.4, -0.2) is 41.8 Å². The average molecular weight is 424 g/mol. The van der Waals surface area contributed by atoms with Gasteiger partial charge >= 0.3 is 12.1 Å². The summed E-state index contributed by atoms with van der Waals surface area (Å²) in [7, 11) is 0. The van der Waals surface area contributed by atoms with Crippen molar-refractivity contribution in [2.24, 2.45) is 5.41 Å². The Hall–Kier alpha value is -3.35. The summed E-state index contributed by atoms with van der Waals surface area (Å²) in [6.07, 6.45) is -0.722. The Bertz CT molecular complexity index is 950. The molecule has 0 saturated carbocycles. The maximum Gasteiger partial charge on any atom is 0.407 e. The number of alkyl carbamates (subject to hydrolysis) is 1. The number of hydrogen-bond acceptors (Lipinski definition) is 4. The molecular weight excluding hydrogens is 396 g/mol. The van der Waals surface area contributed by atoms with Gasteiger partial charge in [0, 0.05) is 5.92 Å². The fourth-order valence-electron chi connectivity index (χ4n) is 3.79. The van der Waals surface area contributed by atoms with Gasteiger partial charge in [0.15, 0.2) is 0 Å². The molecule has 0 aliphatic heterocycles. The lowest BCUT2D eigenvalue weighted by molar-refractivity contribution is -0.142. The Morgan fingerprint density at radius 2 is 1.48 bits per heavy atom. The standard InChI is InChI=1S/C24H28N2O5/c1-14(22(28)29)25-21(27)20(24(2,3)4)26-23(30)31-13-19-17-11-7-5-9-15(17)16-10-6-8-12-18(16)19/h5-12,14,19-20H,13H2,1-4H3,(H,25,27)(H,26,30)(H,28,29)/t14-,20?/m1/s1. The van der Waals surface area contributed by atoms with Crippen molar-refractivity contribution in [3.8, 4) is 11.1 Å². The van der Waals surface area contributed by atoms with E-state index in [2.05, 4.69) is 22.8 Å². The monoisotopic (exact) mass is 424 g/mol. The number of benzene rings is 2. The lowest BCUT2D eigenvalue weighted by Crippen LogP contribution is -2.56. The number of aliphatic carboxylic acids is 1. The first kappa shape index (κ1) is 22.3. The van der Waals surface area contributed by atoms with Crippen LogP contribution in [0.2, 0.25) is 0 Å². The van der Waals surface area contributed by atoms with Crippen molar-refractivity contribution in [3.63, 3.8) is 0 Å². The molecule has 0 radical (unpaired) electrons. The maximum atomic E-state index is 12.6. The van der Waals surface area contributed by atoms with Crippen LogP contribution in [0.1, 0.15) is 44.7 Å². The highest BCUT2D eigenvalue weighted by Gasteiger charge is 2.35. The van der Waals surface area contributed by atoms with Crippen LogP contribution in [0.15, 0.2) is 48.5 Å². The van der Waals surface area contributed by atoms with E-state index in [-0.39, 0.29) is 12.5 Å². The lowest BCUT2D eigenvalue weighted by atomic mass is 9.86. The molecule has 1 aliphatic carbocycles. The van der Waals surface area contributed by atoms with E-state index >= 15 is 0 Å². The van der Waals surface area contributed by atoms with Crippen molar-refractivity contribution in [1.29, 1.82) is 0 Å². The number of amides is 2. The predicted molar refractivity (Wildman–Crippen MR) is 117 cm³/mol. The summed E-state index contributed by atoms with van der Waals surface area (Å²) in [6, 6.07) is 14.0. The van der Waals surface area contributed by atoms with Crippen molar-refractivity contribution in [1.82, 2.24) is 10.6 Å². The second-order valence-corrected chi connectivity index (χ2v) is 8.84. The van der Waals surface area contributed by atoms with E-state index in [0.29, 0.717) is 0 Å². The molecule has 7 heteroatoms. The summed E-state index contributed by atoms with van der Waals surface area (Å²) in [5.74, 6) is -1.81. The minimum absolute atomic E-state index is 0.0907. The van der Waals surface area contributed by atoms with Crippen LogP contribution in [0.3, 0.4) is 0 Å². The molecule has 0 fully saturated rings. The molecule has 0 aromatic heterocycles. The Balaban J connectivity index is 1.70. The second kappa shape index (κ2) is 8.79. The van der Waals surface area contributed by atoms with E-state index in [9.17, 15) is 14.4 Å². The van der Waals surface area contributed by atoms with Crippen molar-refractivity contribution in [2.75, 3.05) is 6.61 Å². The zero-order valence-corrected chi connectivity index (χ0v) is 18.1. The fourth-order valence-corrected chi connectivity index (χ4v) is 3.79. The molecule has 2 amide bonds. The highest BCUT2D eigenvalue weighted by Crippen LogP contribution is 2.44. The summed E-state index contributed by atoms with van der Waals surface area (Å²) < 4.78 is 5.52. The lowest BCUT2D eigenvalue weighted by Gasteiger charge is -2.30. The zero-order chi connectivity index (χ0) is 22.8. The van der Waals surface area contributed by atoms with Crippen LogP contribution in [0.4, 0.5) is 4.79 Å². The molecule has 0 heterocycles. The van der Waals surface area contributed by atoms with Gasteiger partial charge in [-0.15, -0.1) is 0 Å². The summed E-state index contributed by atoms with van der Waals surface area (Å²) >= 11 is 0. The maximum absolute atomic E-state index is 12.6. The van der Waals surface area contributed by atoms with Gasteiger partial charge in [0.2, 0.25) is 5.91 Å². The fraction of sp³-hybridized carbons (Fsp3) is 0.375. The second-order valence-electron chi connectivity index (χ2n) is 8.84. The average Bonchev–Trinajstić information content (AvgIpc) is 3.03. The van der Waals surface area contributed by atoms with E-state index in [0.717, 1.165) is 22.3 Å². The molecular formula is C24H28N2O5. The van der Waals surface area contributed by atoms with Gasteiger partial charge in [0.05, 0.1) is 0 Å². The SMILES string of the molecule is C[C@@H](NC(=O)C(NC(=O)OCC1c2ccccc2-c2ccccc21)C(C)(C)C)C(=O)O. The number of carboxylic acid groups (broad SMARTS) is 1. The molecule has 0 bridgehead atoms. The quantitative estimate of drug-likeness (QED) is 0.658. The third-order valence-corrected chi connectivity index (χ3v) is 5.46. The van der Waals surface area contributed by atoms with Crippen LogP contribution < -0.4 is 10.6 Å². The predicted octanol–water partition coefficient (Wildman–Crippen LogP) is 3.53. The van der Waals surface area contributed by atoms with Crippen LogP contribution in [0.25, 0.3) is 11.1 Å². The van der Waals surface area contributed by atoms with Crippen LogP contribution in [0, 0.1) is 5.41 Å². The molecule has 1 unspecified atom stereocenters. The third-order valence-electron chi connectivity index (χ3n) is 5.46. The zero-order valence-electron chi connectivity index (χ0n) is 18.1. The molecule has 2 atom stereocenters. The molecule has 3 rings (SSSR count). The van der Waals surface area contributed by atoms with Gasteiger partial charge in [-0.2, -0.15) is 0 Å². The molecule has 0 saturated heterocycles. The van der Waals surface area contributed by atoms with Gasteiger partial charge in [-0.1, -0.05) is 69.3 Å². The minimum Gasteiger partial charge on any atom is -0.480 e. The van der Waals surface area contributed by atoms with Crippen molar-refractivity contribution in [3.05, 3.63) is 59.7 Å². The van der Waals surface area contributed by atoms with Crippen LogP contribution in [-0.2, 0) is 14.3 Å². The Morgan fingerprint density at radius 1 is 0.968 bits per heavy atom. The topological polar surface area (TPSA) is 105 Å². The van der Waals surface area contributed by atoms with E-state index in [1.54, 1.807) is 20.8 Å². The Morgan fingerprint density at radius 3 is 1.97 bits per heavy atom. The molecule has 164 valence electrons. The van der Waals surface area contributed by atoms with Gasteiger partial charge in [-0.3, -0.25) is 9.59 Å². The number of carbonyl (C=O) groups excluding carboxylic acids is 2. The van der Waals surface area contributed by atoms with Crippen molar-refractivity contribution >= 4 is 18.0 Å². The normalized spacial score (nSPS) is 14.7. The Kier molecular flexibility index (Phi) is 6.34. The summed E-state index contributed by atoms with van der Waals surface area (Å²) in [5.41, 5.74) is 3.80. The van der Waals surface area contributed by atoms with E-state index < -0.39 is 35.5 Å². The largest absolute Gasteiger partial charge is 0.480 e. The summed E-state index contributed by atoms with van der Waals surface area (Å²) in [4.78, 5) is 36.2. The number of carboxylic acids is 1.